The topological polar surface area (TPSA) is 53.6 Å². The number of nitrogens with zero attached hydrogens (tertiary/aromatic N) is 1. The third-order valence-electron chi connectivity index (χ3n) is 3.43. The molecule has 0 saturated carbocycles. The Bertz CT molecular complexity index is 544. The van der Waals surface area contributed by atoms with Crippen molar-refractivity contribution in [3.63, 3.8) is 0 Å². The molecule has 6 heteroatoms. The van der Waals surface area contributed by atoms with E-state index in [2.05, 4.69) is 15.5 Å². The van der Waals surface area contributed by atoms with Crippen molar-refractivity contribution in [2.24, 2.45) is 0 Å². The molecule has 0 aliphatic carbocycles. The van der Waals surface area contributed by atoms with Crippen LogP contribution in [0.25, 0.3) is 0 Å². The first-order chi connectivity index (χ1) is 10.3. The highest BCUT2D eigenvalue weighted by atomic mass is 19.1. The van der Waals surface area contributed by atoms with E-state index in [0.717, 1.165) is 25.1 Å². The van der Waals surface area contributed by atoms with Crippen molar-refractivity contribution in [3.05, 3.63) is 34.9 Å². The van der Waals surface area contributed by atoms with Crippen molar-refractivity contribution in [1.82, 2.24) is 15.5 Å². The molecule has 22 heavy (non-hydrogen) atoms. The molecule has 0 aromatic heterocycles. The fourth-order valence-electron chi connectivity index (χ4n) is 2.43. The van der Waals surface area contributed by atoms with Crippen LogP contribution in [0.3, 0.4) is 0 Å². The third kappa shape index (κ3) is 4.34. The van der Waals surface area contributed by atoms with E-state index in [1.807, 2.05) is 13.1 Å². The maximum Gasteiger partial charge on any atom is 0.411 e. The molecule has 5 nitrogen and oxygen atoms in total. The summed E-state index contributed by atoms with van der Waals surface area (Å²) >= 11 is 0. The summed E-state index contributed by atoms with van der Waals surface area (Å²) in [5, 5.41) is 5.51. The van der Waals surface area contributed by atoms with Gasteiger partial charge in [0.15, 0.2) is 0 Å². The molecule has 2 aliphatic rings. The smallest absolute Gasteiger partial charge is 0.411 e. The summed E-state index contributed by atoms with van der Waals surface area (Å²) in [4.78, 5) is 14.1. The van der Waals surface area contributed by atoms with Gasteiger partial charge in [-0.3, -0.25) is 5.32 Å². The van der Waals surface area contributed by atoms with Crippen LogP contribution in [0.1, 0.15) is 27.2 Å². The third-order valence-corrected chi connectivity index (χ3v) is 3.43. The van der Waals surface area contributed by atoms with Gasteiger partial charge >= 0.3 is 6.09 Å². The van der Waals surface area contributed by atoms with E-state index in [0.29, 0.717) is 17.8 Å². The number of rotatable bonds is 2. The lowest BCUT2D eigenvalue weighted by atomic mass is 9.95. The zero-order valence-electron chi connectivity index (χ0n) is 13.6. The predicted molar refractivity (Wildman–Crippen MR) is 83.8 cm³/mol. The van der Waals surface area contributed by atoms with Crippen LogP contribution in [0.4, 0.5) is 9.18 Å². The number of carbonyl (C=O) groups is 1. The minimum Gasteiger partial charge on any atom is -0.444 e. The van der Waals surface area contributed by atoms with Gasteiger partial charge in [-0.05, 0) is 39.8 Å². The molecule has 0 spiro atoms. The maximum absolute atomic E-state index is 14.3. The number of alkyl carbamates (subject to hydrolysis) is 1. The van der Waals surface area contributed by atoms with Crippen LogP contribution >= 0.6 is 0 Å². The molecule has 0 atom stereocenters. The molecule has 1 amide bonds. The van der Waals surface area contributed by atoms with Crippen LogP contribution in [0.15, 0.2) is 34.9 Å². The van der Waals surface area contributed by atoms with Crippen molar-refractivity contribution < 1.29 is 13.9 Å². The van der Waals surface area contributed by atoms with E-state index in [1.54, 1.807) is 20.8 Å². The molecule has 0 radical (unpaired) electrons. The second-order valence-electron chi connectivity index (χ2n) is 6.60. The van der Waals surface area contributed by atoms with Crippen molar-refractivity contribution in [3.8, 4) is 0 Å². The zero-order chi connectivity index (χ0) is 16.3. The second-order valence-corrected chi connectivity index (χ2v) is 6.60. The summed E-state index contributed by atoms with van der Waals surface area (Å²) in [5.41, 5.74) is 1.34. The summed E-state index contributed by atoms with van der Waals surface area (Å²) in [7, 11) is 2.02. The maximum atomic E-state index is 14.3. The molecular formula is C16H24FN3O2. The van der Waals surface area contributed by atoms with Crippen molar-refractivity contribution in [1.29, 1.82) is 0 Å². The van der Waals surface area contributed by atoms with Gasteiger partial charge in [0.05, 0.1) is 12.2 Å². The Balaban J connectivity index is 2.22. The molecule has 2 aliphatic heterocycles. The molecule has 2 rings (SSSR count). The van der Waals surface area contributed by atoms with E-state index in [-0.39, 0.29) is 5.83 Å². The highest BCUT2D eigenvalue weighted by Gasteiger charge is 2.24. The number of amides is 1. The first-order valence-electron chi connectivity index (χ1n) is 7.47. The second kappa shape index (κ2) is 6.52. The lowest BCUT2D eigenvalue weighted by Crippen LogP contribution is -2.37. The number of dihydropyridines is 1. The Morgan fingerprint density at radius 1 is 1.45 bits per heavy atom. The van der Waals surface area contributed by atoms with Crippen LogP contribution in [0, 0.1) is 0 Å². The van der Waals surface area contributed by atoms with Gasteiger partial charge in [-0.15, -0.1) is 0 Å². The molecular weight excluding hydrogens is 285 g/mol. The number of likely N-dealkylation sites (N-methyl/N-ethyl adjacent to an activating group) is 1. The van der Waals surface area contributed by atoms with Crippen LogP contribution in [-0.4, -0.2) is 43.3 Å². The van der Waals surface area contributed by atoms with Gasteiger partial charge in [-0.25, -0.2) is 9.18 Å². The highest BCUT2D eigenvalue weighted by Crippen LogP contribution is 2.29. The van der Waals surface area contributed by atoms with Crippen LogP contribution in [0.2, 0.25) is 0 Å². The summed E-state index contributed by atoms with van der Waals surface area (Å²) in [6.45, 7) is 7.40. The summed E-state index contributed by atoms with van der Waals surface area (Å²) in [6, 6.07) is 0. The van der Waals surface area contributed by atoms with Crippen LogP contribution in [0.5, 0.6) is 0 Å². The standard InChI is InChI=1S/C16H24FN3O2/c1-16(2,3)22-15(21)19-13-10-18-9-12(17)14(13)11-5-7-20(4)8-6-11/h5,9,18H,6-8,10H2,1-4H3,(H,19,21). The molecule has 2 N–H and O–H groups in total. The summed E-state index contributed by atoms with van der Waals surface area (Å²) < 4.78 is 19.5. The number of halogens is 1. The average Bonchev–Trinajstić information content (AvgIpc) is 2.38. The highest BCUT2D eigenvalue weighted by molar-refractivity contribution is 5.71. The largest absolute Gasteiger partial charge is 0.444 e. The minimum absolute atomic E-state index is 0.354. The molecule has 122 valence electrons. The number of carbonyl (C=O) groups excluding carboxylic acids is 1. The van der Waals surface area contributed by atoms with E-state index in [9.17, 15) is 9.18 Å². The van der Waals surface area contributed by atoms with E-state index < -0.39 is 11.7 Å². The number of allylic oxidation sites excluding steroid dienone is 2. The lowest BCUT2D eigenvalue weighted by molar-refractivity contribution is 0.0544. The fourth-order valence-corrected chi connectivity index (χ4v) is 2.43. The van der Waals surface area contributed by atoms with Gasteiger partial charge in [0.25, 0.3) is 0 Å². The number of nitrogens with one attached hydrogen (secondary N) is 2. The first kappa shape index (κ1) is 16.5. The van der Waals surface area contributed by atoms with E-state index in [4.69, 9.17) is 4.74 Å². The molecule has 2 heterocycles. The Hall–Kier alpha value is -1.82. The van der Waals surface area contributed by atoms with Gasteiger partial charge in [-0.2, -0.15) is 0 Å². The minimum atomic E-state index is -0.589. The SMILES string of the molecule is CN1CC=C(C2=C(NC(=O)OC(C)(C)C)CNC=C2F)CC1. The Labute approximate surface area is 130 Å². The van der Waals surface area contributed by atoms with Gasteiger partial charge in [0, 0.05) is 24.9 Å². The van der Waals surface area contributed by atoms with Crippen molar-refractivity contribution in [2.45, 2.75) is 32.8 Å². The van der Waals surface area contributed by atoms with Crippen molar-refractivity contribution in [2.75, 3.05) is 26.7 Å². The molecule has 0 saturated heterocycles. The van der Waals surface area contributed by atoms with Gasteiger partial charge in [0.1, 0.15) is 11.4 Å². The Kier molecular flexibility index (Phi) is 4.90. The van der Waals surface area contributed by atoms with E-state index in [1.165, 1.54) is 6.20 Å². The zero-order valence-corrected chi connectivity index (χ0v) is 13.6. The predicted octanol–water partition coefficient (Wildman–Crippen LogP) is 2.44. The van der Waals surface area contributed by atoms with Crippen LogP contribution in [-0.2, 0) is 4.74 Å². The molecule has 0 aromatic carbocycles. The normalized spacial score (nSPS) is 20.0. The molecule has 0 unspecified atom stereocenters. The van der Waals surface area contributed by atoms with Gasteiger partial charge in [-0.1, -0.05) is 6.08 Å². The molecule has 0 aromatic rings. The van der Waals surface area contributed by atoms with Gasteiger partial charge in [0.2, 0.25) is 0 Å². The van der Waals surface area contributed by atoms with Crippen molar-refractivity contribution >= 4 is 6.09 Å². The number of ether oxygens (including phenoxy) is 1. The van der Waals surface area contributed by atoms with E-state index >= 15 is 0 Å². The molecule has 0 fully saturated rings. The summed E-state index contributed by atoms with van der Waals surface area (Å²) in [6.07, 6.45) is 3.54. The summed E-state index contributed by atoms with van der Waals surface area (Å²) in [5.74, 6) is -0.354. The monoisotopic (exact) mass is 309 g/mol. The quantitative estimate of drug-likeness (QED) is 0.822. The number of hydrogen-bond donors (Lipinski definition) is 2. The fraction of sp³-hybridized carbons (Fsp3) is 0.562. The number of hydrogen-bond acceptors (Lipinski definition) is 4. The van der Waals surface area contributed by atoms with Gasteiger partial charge < -0.3 is 15.0 Å². The Morgan fingerprint density at radius 3 is 2.77 bits per heavy atom. The average molecular weight is 309 g/mol. The lowest BCUT2D eigenvalue weighted by Gasteiger charge is -2.27. The Morgan fingerprint density at radius 2 is 2.18 bits per heavy atom. The molecule has 0 bridgehead atoms. The van der Waals surface area contributed by atoms with Crippen LogP contribution < -0.4 is 10.6 Å². The first-order valence-corrected chi connectivity index (χ1v) is 7.47.